The zero-order chi connectivity index (χ0) is 29.2. The first-order chi connectivity index (χ1) is 19.7. The summed E-state index contributed by atoms with van der Waals surface area (Å²) in [5, 5.41) is 7.37. The number of esters is 1. The van der Waals surface area contributed by atoms with Gasteiger partial charge in [0.2, 0.25) is 5.91 Å². The third kappa shape index (κ3) is 10.3. The van der Waals surface area contributed by atoms with Crippen molar-refractivity contribution in [3.05, 3.63) is 53.4 Å². The summed E-state index contributed by atoms with van der Waals surface area (Å²) in [5.74, 6) is -0.292. The molecule has 1 aliphatic heterocycles. The van der Waals surface area contributed by atoms with E-state index in [1.54, 1.807) is 18.7 Å². The number of aliphatic imine (C=N–C) groups is 1. The van der Waals surface area contributed by atoms with E-state index in [1.807, 2.05) is 32.9 Å². The number of pyridine rings is 1. The van der Waals surface area contributed by atoms with Gasteiger partial charge in [-0.05, 0) is 90.3 Å². The van der Waals surface area contributed by atoms with Crippen molar-refractivity contribution < 1.29 is 14.3 Å². The number of carbonyl (C=O) groups excluding carboxylic acids is 2. The minimum Gasteiger partial charge on any atom is -0.458 e. The minimum absolute atomic E-state index is 0.0300. The highest BCUT2D eigenvalue weighted by atomic mass is 32.2. The quantitative estimate of drug-likeness (QED) is 0.264. The van der Waals surface area contributed by atoms with Gasteiger partial charge in [0.1, 0.15) is 11.6 Å². The van der Waals surface area contributed by atoms with E-state index in [-0.39, 0.29) is 23.2 Å². The Balaban J connectivity index is 1.33. The fourth-order valence-electron chi connectivity index (χ4n) is 5.38. The van der Waals surface area contributed by atoms with Crippen molar-refractivity contribution in [3.8, 4) is 0 Å². The second-order valence-electron chi connectivity index (χ2n) is 12.2. The SMILES string of the molecule is CC(=O)NCCN(CCCCc1ccc2c(n1)CCCC2)CC[C@H](NC1=NC2C=CC=CC2S1)C(=O)OC(C)(C)C. The number of unbranched alkanes of at least 4 members (excludes halogenated alkanes) is 1. The number of amides is 1. The second-order valence-corrected chi connectivity index (χ2v) is 13.4. The monoisotopic (exact) mass is 581 g/mol. The van der Waals surface area contributed by atoms with Crippen molar-refractivity contribution in [3.63, 3.8) is 0 Å². The number of hydrogen-bond acceptors (Lipinski definition) is 8. The van der Waals surface area contributed by atoms with Crippen LogP contribution in [0.1, 0.15) is 76.8 Å². The summed E-state index contributed by atoms with van der Waals surface area (Å²) in [6.07, 6.45) is 16.7. The predicted molar refractivity (Wildman–Crippen MR) is 167 cm³/mol. The maximum atomic E-state index is 13.2. The van der Waals surface area contributed by atoms with Crippen molar-refractivity contribution in [2.45, 2.75) is 102 Å². The van der Waals surface area contributed by atoms with Crippen LogP contribution in [-0.2, 0) is 33.6 Å². The summed E-state index contributed by atoms with van der Waals surface area (Å²) in [7, 11) is 0. The van der Waals surface area contributed by atoms with Crippen LogP contribution in [0.15, 0.2) is 41.4 Å². The Morgan fingerprint density at radius 2 is 1.90 bits per heavy atom. The zero-order valence-electron chi connectivity index (χ0n) is 25.2. The first kappa shape index (κ1) is 31.3. The van der Waals surface area contributed by atoms with Crippen molar-refractivity contribution in [2.24, 2.45) is 4.99 Å². The van der Waals surface area contributed by atoms with E-state index in [0.717, 1.165) is 50.4 Å². The van der Waals surface area contributed by atoms with E-state index >= 15 is 0 Å². The molecule has 2 heterocycles. The van der Waals surface area contributed by atoms with Gasteiger partial charge in [-0.3, -0.25) is 14.8 Å². The lowest BCUT2D eigenvalue weighted by molar-refractivity contribution is -0.157. The van der Waals surface area contributed by atoms with Gasteiger partial charge in [-0.1, -0.05) is 42.1 Å². The molecule has 4 rings (SSSR count). The van der Waals surface area contributed by atoms with Crippen LogP contribution < -0.4 is 10.6 Å². The van der Waals surface area contributed by atoms with Crippen LogP contribution in [0.3, 0.4) is 0 Å². The Bertz CT molecular complexity index is 1140. The molecule has 2 unspecified atom stereocenters. The third-order valence-electron chi connectivity index (χ3n) is 7.49. The molecule has 224 valence electrons. The Labute approximate surface area is 249 Å². The normalized spacial score (nSPS) is 20.3. The second kappa shape index (κ2) is 15.0. The molecule has 2 N–H and O–H groups in total. The molecule has 3 aliphatic rings. The number of carbonyl (C=O) groups is 2. The van der Waals surface area contributed by atoms with Crippen LogP contribution in [0, 0.1) is 0 Å². The van der Waals surface area contributed by atoms with E-state index in [2.05, 4.69) is 39.8 Å². The maximum Gasteiger partial charge on any atom is 0.329 e. The molecule has 0 spiro atoms. The highest BCUT2D eigenvalue weighted by Crippen LogP contribution is 2.30. The van der Waals surface area contributed by atoms with E-state index < -0.39 is 11.6 Å². The number of fused-ring (bicyclic) bond motifs is 2. The van der Waals surface area contributed by atoms with Gasteiger partial charge >= 0.3 is 5.97 Å². The van der Waals surface area contributed by atoms with Gasteiger partial charge in [0.25, 0.3) is 0 Å². The van der Waals surface area contributed by atoms with Gasteiger partial charge < -0.3 is 20.3 Å². The molecule has 9 heteroatoms. The summed E-state index contributed by atoms with van der Waals surface area (Å²) in [5.41, 5.74) is 3.33. The topological polar surface area (TPSA) is 95.9 Å². The number of thioether (sulfide) groups is 1. The van der Waals surface area contributed by atoms with Gasteiger partial charge in [-0.15, -0.1) is 0 Å². The van der Waals surface area contributed by atoms with Gasteiger partial charge in [0.05, 0.1) is 11.3 Å². The number of rotatable bonds is 13. The first-order valence-electron chi connectivity index (χ1n) is 15.2. The third-order valence-corrected chi connectivity index (χ3v) is 8.64. The summed E-state index contributed by atoms with van der Waals surface area (Å²) < 4.78 is 5.78. The van der Waals surface area contributed by atoms with Gasteiger partial charge in [-0.25, -0.2) is 4.79 Å². The van der Waals surface area contributed by atoms with Gasteiger partial charge in [0, 0.05) is 37.9 Å². The molecule has 0 bridgehead atoms. The fraction of sp³-hybridized carbons (Fsp3) is 0.625. The van der Waals surface area contributed by atoms with Crippen LogP contribution in [0.4, 0.5) is 0 Å². The number of aromatic nitrogens is 1. The van der Waals surface area contributed by atoms with Crippen LogP contribution in [0.2, 0.25) is 0 Å². The number of ether oxygens (including phenoxy) is 1. The summed E-state index contributed by atoms with van der Waals surface area (Å²) in [6.45, 7) is 10.1. The molecular formula is C32H47N5O3S. The molecule has 0 radical (unpaired) electrons. The Morgan fingerprint density at radius 1 is 1.10 bits per heavy atom. The number of allylic oxidation sites excluding steroid dienone is 2. The van der Waals surface area contributed by atoms with Crippen molar-refractivity contribution >= 4 is 28.8 Å². The molecule has 8 nitrogen and oxygen atoms in total. The molecule has 1 aromatic heterocycles. The summed E-state index contributed by atoms with van der Waals surface area (Å²) >= 11 is 1.66. The lowest BCUT2D eigenvalue weighted by Crippen LogP contribution is -2.45. The molecule has 2 aliphatic carbocycles. The summed E-state index contributed by atoms with van der Waals surface area (Å²) in [4.78, 5) is 36.8. The molecular weight excluding hydrogens is 534 g/mol. The number of hydrogen-bond donors (Lipinski definition) is 2. The fourth-order valence-corrected chi connectivity index (χ4v) is 6.49. The average Bonchev–Trinajstić information content (AvgIpc) is 3.34. The van der Waals surface area contributed by atoms with Gasteiger partial charge in [-0.2, -0.15) is 0 Å². The standard InChI is InChI=1S/C32H47N5O3S/c1-23(38)33-19-22-37(20-10-9-12-25-17-16-24-11-5-6-13-26(24)34-25)21-18-28(30(39)40-32(2,3)4)36-31-35-27-14-7-8-15-29(27)41-31/h7-8,14-17,27-29H,5-6,9-13,18-22H2,1-4H3,(H,33,38)(H,35,36)/t27?,28-,29?/m0/s1. The molecule has 0 aromatic carbocycles. The molecule has 1 aromatic rings. The molecule has 0 saturated heterocycles. The lowest BCUT2D eigenvalue weighted by atomic mass is 9.95. The largest absolute Gasteiger partial charge is 0.458 e. The highest BCUT2D eigenvalue weighted by molar-refractivity contribution is 8.14. The number of nitrogens with one attached hydrogen (secondary N) is 2. The van der Waals surface area contributed by atoms with Crippen molar-refractivity contribution in [2.75, 3.05) is 26.2 Å². The number of amidine groups is 1. The van der Waals surface area contributed by atoms with E-state index in [4.69, 9.17) is 14.7 Å². The molecule has 0 fully saturated rings. The lowest BCUT2D eigenvalue weighted by Gasteiger charge is -2.28. The molecule has 1 amide bonds. The van der Waals surface area contributed by atoms with E-state index in [0.29, 0.717) is 19.5 Å². The number of aryl methyl sites for hydroxylation is 3. The van der Waals surface area contributed by atoms with Gasteiger partial charge in [0.15, 0.2) is 5.17 Å². The Morgan fingerprint density at radius 3 is 2.68 bits per heavy atom. The van der Waals surface area contributed by atoms with Crippen LogP contribution >= 0.6 is 11.8 Å². The van der Waals surface area contributed by atoms with Crippen LogP contribution in [0.5, 0.6) is 0 Å². The van der Waals surface area contributed by atoms with Crippen LogP contribution in [0.25, 0.3) is 0 Å². The van der Waals surface area contributed by atoms with Crippen LogP contribution in [-0.4, -0.2) is 76.0 Å². The Hall–Kier alpha value is -2.65. The smallest absolute Gasteiger partial charge is 0.329 e. The summed E-state index contributed by atoms with van der Waals surface area (Å²) in [6, 6.07) is 4.07. The van der Waals surface area contributed by atoms with E-state index in [1.165, 1.54) is 29.8 Å². The average molecular weight is 582 g/mol. The minimum atomic E-state index is -0.572. The predicted octanol–water partition coefficient (Wildman–Crippen LogP) is 4.38. The molecule has 0 saturated carbocycles. The molecule has 41 heavy (non-hydrogen) atoms. The van der Waals surface area contributed by atoms with Crippen molar-refractivity contribution in [1.82, 2.24) is 20.5 Å². The first-order valence-corrected chi connectivity index (χ1v) is 16.1. The van der Waals surface area contributed by atoms with Crippen molar-refractivity contribution in [1.29, 1.82) is 0 Å². The number of nitrogens with zero attached hydrogens (tertiary/aromatic N) is 3. The maximum absolute atomic E-state index is 13.2. The molecule has 3 atom stereocenters. The Kier molecular flexibility index (Phi) is 11.5. The zero-order valence-corrected chi connectivity index (χ0v) is 26.0. The highest BCUT2D eigenvalue weighted by Gasteiger charge is 2.32. The van der Waals surface area contributed by atoms with E-state index in [9.17, 15) is 9.59 Å².